The van der Waals surface area contributed by atoms with Crippen LogP contribution in [0.5, 0.6) is 0 Å². The van der Waals surface area contributed by atoms with E-state index >= 15 is 0 Å². The second-order valence-electron chi connectivity index (χ2n) is 5.79. The highest BCUT2D eigenvalue weighted by Crippen LogP contribution is 2.17. The fraction of sp³-hybridized carbons (Fsp3) is 0.471. The summed E-state index contributed by atoms with van der Waals surface area (Å²) in [5.74, 6) is 1.72. The average Bonchev–Trinajstić information content (AvgIpc) is 3.27. The Kier molecular flexibility index (Phi) is 7.48. The molecule has 2 aromatic heterocycles. The topological polar surface area (TPSA) is 67.1 Å². The van der Waals surface area contributed by atoms with Crippen LogP contribution >= 0.6 is 24.0 Å². The maximum atomic E-state index is 4.71. The summed E-state index contributed by atoms with van der Waals surface area (Å²) >= 11 is 0. The second kappa shape index (κ2) is 9.61. The monoisotopic (exact) mass is 440 g/mol. The molecule has 0 atom stereocenters. The molecule has 0 unspecified atom stereocenters. The molecular formula is C17H25IN6. The van der Waals surface area contributed by atoms with Crippen LogP contribution in [0.25, 0.3) is 5.82 Å². The van der Waals surface area contributed by atoms with Gasteiger partial charge < -0.3 is 10.6 Å². The second-order valence-corrected chi connectivity index (χ2v) is 5.79. The fourth-order valence-electron chi connectivity index (χ4n) is 2.84. The van der Waals surface area contributed by atoms with Gasteiger partial charge in [-0.3, -0.25) is 0 Å². The van der Waals surface area contributed by atoms with Crippen LogP contribution in [-0.2, 0) is 6.54 Å². The van der Waals surface area contributed by atoms with Crippen molar-refractivity contribution in [3.63, 3.8) is 0 Å². The van der Waals surface area contributed by atoms with E-state index in [1.54, 1.807) is 17.1 Å². The van der Waals surface area contributed by atoms with Gasteiger partial charge in [0.15, 0.2) is 11.8 Å². The van der Waals surface area contributed by atoms with Crippen LogP contribution in [0.4, 0.5) is 0 Å². The summed E-state index contributed by atoms with van der Waals surface area (Å²) in [6, 6.07) is 6.47. The molecular weight excluding hydrogens is 415 g/mol. The molecule has 0 aliphatic heterocycles. The van der Waals surface area contributed by atoms with Crippen LogP contribution in [0.15, 0.2) is 41.8 Å². The van der Waals surface area contributed by atoms with Gasteiger partial charge in [0.2, 0.25) is 0 Å². The number of aliphatic imine (C=N–C) groups is 1. The van der Waals surface area contributed by atoms with Crippen molar-refractivity contribution >= 4 is 29.9 Å². The Labute approximate surface area is 160 Å². The maximum absolute atomic E-state index is 4.71. The number of guanidine groups is 1. The molecule has 24 heavy (non-hydrogen) atoms. The predicted molar refractivity (Wildman–Crippen MR) is 107 cm³/mol. The zero-order valence-electron chi connectivity index (χ0n) is 14.0. The van der Waals surface area contributed by atoms with Crippen molar-refractivity contribution in [3.05, 3.63) is 42.4 Å². The van der Waals surface area contributed by atoms with E-state index in [1.807, 2.05) is 24.4 Å². The van der Waals surface area contributed by atoms with Crippen molar-refractivity contribution in [2.45, 2.75) is 45.2 Å². The Morgan fingerprint density at radius 3 is 2.88 bits per heavy atom. The molecule has 1 fully saturated rings. The highest BCUT2D eigenvalue weighted by molar-refractivity contribution is 14.0. The fourth-order valence-corrected chi connectivity index (χ4v) is 2.84. The van der Waals surface area contributed by atoms with Gasteiger partial charge in [0.25, 0.3) is 0 Å². The number of aromatic nitrogens is 3. The van der Waals surface area contributed by atoms with Crippen LogP contribution in [0.2, 0.25) is 0 Å². The molecule has 6 nitrogen and oxygen atoms in total. The van der Waals surface area contributed by atoms with Gasteiger partial charge in [-0.15, -0.1) is 24.0 Å². The Morgan fingerprint density at radius 2 is 2.17 bits per heavy atom. The maximum Gasteiger partial charge on any atom is 0.191 e. The third-order valence-electron chi connectivity index (χ3n) is 4.01. The van der Waals surface area contributed by atoms with Crippen LogP contribution in [0.1, 0.15) is 38.2 Å². The van der Waals surface area contributed by atoms with Crippen molar-refractivity contribution in [1.82, 2.24) is 25.4 Å². The van der Waals surface area contributed by atoms with Gasteiger partial charge in [-0.05, 0) is 43.5 Å². The lowest BCUT2D eigenvalue weighted by Crippen LogP contribution is -2.42. The Hall–Kier alpha value is -1.64. The molecule has 3 rings (SSSR count). The van der Waals surface area contributed by atoms with Crippen LogP contribution < -0.4 is 10.6 Å². The zero-order chi connectivity index (χ0) is 15.9. The van der Waals surface area contributed by atoms with E-state index in [0.29, 0.717) is 12.6 Å². The van der Waals surface area contributed by atoms with E-state index in [2.05, 4.69) is 27.6 Å². The molecule has 0 aromatic carbocycles. The summed E-state index contributed by atoms with van der Waals surface area (Å²) in [6.45, 7) is 3.58. The van der Waals surface area contributed by atoms with Crippen LogP contribution in [0, 0.1) is 0 Å². The number of hydrogen-bond donors (Lipinski definition) is 2. The normalized spacial score (nSPS) is 15.1. The van der Waals surface area contributed by atoms with Crippen molar-refractivity contribution in [2.75, 3.05) is 6.54 Å². The van der Waals surface area contributed by atoms with Gasteiger partial charge in [-0.25, -0.2) is 14.7 Å². The lowest BCUT2D eigenvalue weighted by Gasteiger charge is -2.16. The van der Waals surface area contributed by atoms with E-state index in [4.69, 9.17) is 4.99 Å². The molecule has 1 aliphatic carbocycles. The SMILES string of the molecule is CCNC(=NCc1ccnc(-n2cccn2)c1)NC1CCCC1.I. The summed E-state index contributed by atoms with van der Waals surface area (Å²) in [7, 11) is 0. The molecule has 2 aromatic rings. The third-order valence-corrected chi connectivity index (χ3v) is 4.01. The van der Waals surface area contributed by atoms with Gasteiger partial charge in [0.05, 0.1) is 6.54 Å². The molecule has 130 valence electrons. The molecule has 0 saturated heterocycles. The van der Waals surface area contributed by atoms with Gasteiger partial charge in [0.1, 0.15) is 0 Å². The number of halogens is 1. The summed E-state index contributed by atoms with van der Waals surface area (Å²) in [4.78, 5) is 9.06. The molecule has 2 N–H and O–H groups in total. The van der Waals surface area contributed by atoms with Crippen molar-refractivity contribution < 1.29 is 0 Å². The first-order valence-corrected chi connectivity index (χ1v) is 8.35. The molecule has 0 bridgehead atoms. The molecule has 2 heterocycles. The highest BCUT2D eigenvalue weighted by Gasteiger charge is 2.15. The largest absolute Gasteiger partial charge is 0.357 e. The average molecular weight is 440 g/mol. The van der Waals surface area contributed by atoms with Crippen molar-refractivity contribution in [3.8, 4) is 5.82 Å². The van der Waals surface area contributed by atoms with Gasteiger partial charge in [0, 0.05) is 31.2 Å². The number of nitrogens with zero attached hydrogens (tertiary/aromatic N) is 4. The summed E-state index contributed by atoms with van der Waals surface area (Å²) in [5, 5.41) is 11.1. The van der Waals surface area contributed by atoms with E-state index in [9.17, 15) is 0 Å². The van der Waals surface area contributed by atoms with Crippen molar-refractivity contribution in [1.29, 1.82) is 0 Å². The van der Waals surface area contributed by atoms with Crippen molar-refractivity contribution in [2.24, 2.45) is 4.99 Å². The number of rotatable bonds is 5. The molecule has 1 aliphatic rings. The third kappa shape index (κ3) is 5.19. The minimum absolute atomic E-state index is 0. The van der Waals surface area contributed by atoms with E-state index in [1.165, 1.54) is 25.7 Å². The number of hydrogen-bond acceptors (Lipinski definition) is 3. The Bertz CT molecular complexity index is 634. The Balaban J connectivity index is 0.00000208. The minimum atomic E-state index is 0. The first-order valence-electron chi connectivity index (χ1n) is 8.35. The number of nitrogens with one attached hydrogen (secondary N) is 2. The lowest BCUT2D eigenvalue weighted by atomic mass is 10.2. The Morgan fingerprint density at radius 1 is 1.33 bits per heavy atom. The van der Waals surface area contributed by atoms with E-state index < -0.39 is 0 Å². The summed E-state index contributed by atoms with van der Waals surface area (Å²) in [6.07, 6.45) is 10.6. The summed E-state index contributed by atoms with van der Waals surface area (Å²) < 4.78 is 1.76. The minimum Gasteiger partial charge on any atom is -0.357 e. The number of pyridine rings is 1. The van der Waals surface area contributed by atoms with Gasteiger partial charge in [-0.2, -0.15) is 5.10 Å². The van der Waals surface area contributed by atoms with E-state index in [-0.39, 0.29) is 24.0 Å². The zero-order valence-corrected chi connectivity index (χ0v) is 16.3. The van der Waals surface area contributed by atoms with Gasteiger partial charge >= 0.3 is 0 Å². The molecule has 7 heteroatoms. The molecule has 1 saturated carbocycles. The highest BCUT2D eigenvalue weighted by atomic mass is 127. The smallest absolute Gasteiger partial charge is 0.191 e. The molecule has 0 spiro atoms. The van der Waals surface area contributed by atoms with Gasteiger partial charge in [-0.1, -0.05) is 12.8 Å². The van der Waals surface area contributed by atoms with E-state index in [0.717, 1.165) is 23.9 Å². The lowest BCUT2D eigenvalue weighted by molar-refractivity contribution is 0.614. The first-order chi connectivity index (χ1) is 11.3. The predicted octanol–water partition coefficient (Wildman–Crippen LogP) is 2.88. The van der Waals surface area contributed by atoms with Crippen LogP contribution in [-0.4, -0.2) is 33.3 Å². The molecule has 0 amide bonds. The standard InChI is InChI=1S/C17H24N6.HI/c1-2-18-17(22-15-6-3-4-7-15)20-13-14-8-10-19-16(12-14)23-11-5-9-21-23;/h5,8-12,15H,2-4,6-7,13H2,1H3,(H2,18,20,22);1H. The summed E-state index contributed by atoms with van der Waals surface area (Å²) in [5.41, 5.74) is 1.12. The molecule has 0 radical (unpaired) electrons. The quantitative estimate of drug-likeness (QED) is 0.427. The first kappa shape index (κ1) is 18.7. The van der Waals surface area contributed by atoms with Crippen LogP contribution in [0.3, 0.4) is 0 Å².